The highest BCUT2D eigenvalue weighted by Gasteiger charge is 2.40. The summed E-state index contributed by atoms with van der Waals surface area (Å²) in [4.78, 5) is 14.6. The lowest BCUT2D eigenvalue weighted by molar-refractivity contribution is -0.138. The quantitative estimate of drug-likeness (QED) is 0.370. The number of rotatable bonds is 3. The summed E-state index contributed by atoms with van der Waals surface area (Å²) in [6.07, 6.45) is -3.04. The number of carbonyl (C=O) groups is 1. The molecule has 5 rings (SSSR count). The molecule has 0 unspecified atom stereocenters. The van der Waals surface area contributed by atoms with Crippen LogP contribution in [0.3, 0.4) is 0 Å². The summed E-state index contributed by atoms with van der Waals surface area (Å²) in [5.41, 5.74) is 3.38. The van der Waals surface area contributed by atoms with E-state index in [0.29, 0.717) is 16.9 Å². The molecule has 0 saturated carbocycles. The molecule has 0 fully saturated rings. The normalized spacial score (nSPS) is 13.5. The summed E-state index contributed by atoms with van der Waals surface area (Å²) in [7, 11) is 0. The van der Waals surface area contributed by atoms with E-state index >= 15 is 0 Å². The van der Waals surface area contributed by atoms with E-state index in [-0.39, 0.29) is 17.7 Å². The predicted octanol–water partition coefficient (Wildman–Crippen LogP) is 6.50. The third-order valence-corrected chi connectivity index (χ3v) is 5.68. The van der Waals surface area contributed by atoms with Crippen LogP contribution in [0, 0.1) is 6.92 Å². The van der Waals surface area contributed by atoms with Crippen LogP contribution in [0.15, 0.2) is 77.5 Å². The molecule has 0 N–H and O–H groups in total. The first-order valence-electron chi connectivity index (χ1n) is 9.97. The van der Waals surface area contributed by atoms with Crippen LogP contribution in [-0.2, 0) is 12.7 Å². The van der Waals surface area contributed by atoms with Crippen LogP contribution in [0.1, 0.15) is 27.0 Å². The van der Waals surface area contributed by atoms with Gasteiger partial charge in [-0.1, -0.05) is 53.7 Å². The molecule has 1 aromatic heterocycles. The molecule has 4 nitrogen and oxygen atoms in total. The minimum Gasteiger partial charge on any atom is -0.364 e. The van der Waals surface area contributed by atoms with Gasteiger partial charge in [-0.2, -0.15) is 13.2 Å². The van der Waals surface area contributed by atoms with E-state index in [9.17, 15) is 18.0 Å². The average molecular weight is 434 g/mol. The maximum atomic E-state index is 13.6. The number of hydrogen-bond donors (Lipinski definition) is 0. The Morgan fingerprint density at radius 1 is 0.938 bits per heavy atom. The predicted molar refractivity (Wildman–Crippen MR) is 114 cm³/mol. The van der Waals surface area contributed by atoms with E-state index in [1.54, 1.807) is 12.1 Å². The van der Waals surface area contributed by atoms with E-state index in [0.717, 1.165) is 22.8 Å². The molecule has 1 aliphatic rings. The number of halogens is 3. The van der Waals surface area contributed by atoms with Gasteiger partial charge >= 0.3 is 6.18 Å². The van der Waals surface area contributed by atoms with Crippen LogP contribution in [-0.4, -0.2) is 11.1 Å². The summed E-state index contributed by atoms with van der Waals surface area (Å²) >= 11 is 0. The van der Waals surface area contributed by atoms with Crippen LogP contribution in [0.4, 0.5) is 18.9 Å². The number of carbonyl (C=O) groups excluding carboxylic acids is 1. The van der Waals surface area contributed by atoms with Gasteiger partial charge in [-0.15, -0.1) is 0 Å². The SMILES string of the molecule is Cc1conc1-c1c(-c2ccccc2)cccc1N1Cc2c(cccc2C(F)(F)F)C1=O. The number of fused-ring (bicyclic) bond motifs is 1. The van der Waals surface area contributed by atoms with Crippen LogP contribution in [0.5, 0.6) is 0 Å². The molecule has 1 amide bonds. The first-order chi connectivity index (χ1) is 15.4. The van der Waals surface area contributed by atoms with Crippen molar-refractivity contribution in [3.8, 4) is 22.4 Å². The number of nitrogens with zero attached hydrogens (tertiary/aromatic N) is 2. The highest BCUT2D eigenvalue weighted by molar-refractivity contribution is 6.13. The van der Waals surface area contributed by atoms with E-state index in [1.165, 1.54) is 23.3 Å². The van der Waals surface area contributed by atoms with Crippen molar-refractivity contribution in [2.24, 2.45) is 0 Å². The first kappa shape index (κ1) is 20.1. The van der Waals surface area contributed by atoms with Gasteiger partial charge in [-0.05, 0) is 41.8 Å². The summed E-state index contributed by atoms with van der Waals surface area (Å²) < 4.78 is 45.9. The van der Waals surface area contributed by atoms with Crippen molar-refractivity contribution in [1.82, 2.24) is 5.16 Å². The lowest BCUT2D eigenvalue weighted by Gasteiger charge is -2.22. The highest BCUT2D eigenvalue weighted by atomic mass is 19.4. The Bertz CT molecular complexity index is 1330. The molecule has 32 heavy (non-hydrogen) atoms. The van der Waals surface area contributed by atoms with Crippen molar-refractivity contribution < 1.29 is 22.5 Å². The standard InChI is InChI=1S/C25H17F3N2O2/c1-15-14-32-29-23(15)22-17(16-7-3-2-4-8-16)9-6-12-21(22)30-13-19-18(24(30)31)10-5-11-20(19)25(26,27)28/h2-12,14H,13H2,1H3. The molecule has 7 heteroatoms. The van der Waals surface area contributed by atoms with Gasteiger partial charge in [0.1, 0.15) is 12.0 Å². The lowest BCUT2D eigenvalue weighted by atomic mass is 9.94. The molecule has 1 aliphatic heterocycles. The lowest BCUT2D eigenvalue weighted by Crippen LogP contribution is -2.24. The Balaban J connectivity index is 1.72. The zero-order chi connectivity index (χ0) is 22.5. The average Bonchev–Trinajstić information content (AvgIpc) is 3.36. The number of anilines is 1. The molecule has 0 aliphatic carbocycles. The maximum Gasteiger partial charge on any atom is 0.416 e. The van der Waals surface area contributed by atoms with Crippen LogP contribution >= 0.6 is 0 Å². The van der Waals surface area contributed by atoms with Gasteiger partial charge < -0.3 is 9.42 Å². The van der Waals surface area contributed by atoms with Gasteiger partial charge in [0, 0.05) is 16.7 Å². The number of alkyl halides is 3. The molecule has 160 valence electrons. The van der Waals surface area contributed by atoms with E-state index < -0.39 is 17.6 Å². The second-order valence-electron chi connectivity index (χ2n) is 7.63. The summed E-state index contributed by atoms with van der Waals surface area (Å²) in [5.74, 6) is -0.473. The molecule has 3 aromatic carbocycles. The molecule has 0 spiro atoms. The zero-order valence-electron chi connectivity index (χ0n) is 17.0. The molecule has 2 heterocycles. The van der Waals surface area contributed by atoms with Crippen molar-refractivity contribution in [1.29, 1.82) is 0 Å². The monoisotopic (exact) mass is 434 g/mol. The van der Waals surface area contributed by atoms with Crippen molar-refractivity contribution in [2.45, 2.75) is 19.6 Å². The molecule has 4 aromatic rings. The van der Waals surface area contributed by atoms with E-state index in [1.807, 2.05) is 43.3 Å². The molecule has 0 bridgehead atoms. The van der Waals surface area contributed by atoms with Gasteiger partial charge in [0.05, 0.1) is 17.8 Å². The smallest absolute Gasteiger partial charge is 0.364 e. The molecule has 0 saturated heterocycles. The fourth-order valence-corrected chi connectivity index (χ4v) is 4.19. The third-order valence-electron chi connectivity index (χ3n) is 5.68. The maximum absolute atomic E-state index is 13.6. The fourth-order valence-electron chi connectivity index (χ4n) is 4.19. The number of hydrogen-bond acceptors (Lipinski definition) is 3. The molecule has 0 atom stereocenters. The second kappa shape index (κ2) is 7.37. The largest absolute Gasteiger partial charge is 0.416 e. The van der Waals surface area contributed by atoms with Crippen molar-refractivity contribution in [3.05, 3.63) is 95.2 Å². The van der Waals surface area contributed by atoms with Crippen LogP contribution < -0.4 is 4.90 Å². The van der Waals surface area contributed by atoms with Gasteiger partial charge in [0.2, 0.25) is 0 Å². The Kier molecular flexibility index (Phi) is 4.62. The Morgan fingerprint density at radius 2 is 1.66 bits per heavy atom. The topological polar surface area (TPSA) is 46.3 Å². The number of amides is 1. The minimum absolute atomic E-state index is 0.0158. The third kappa shape index (κ3) is 3.17. The minimum atomic E-state index is -4.54. The number of aromatic nitrogens is 1. The van der Waals surface area contributed by atoms with Gasteiger partial charge in [0.25, 0.3) is 5.91 Å². The summed E-state index contributed by atoms with van der Waals surface area (Å²) in [5, 5.41) is 4.14. The number of aryl methyl sites for hydroxylation is 1. The van der Waals surface area contributed by atoms with Crippen molar-refractivity contribution in [2.75, 3.05) is 4.90 Å². The van der Waals surface area contributed by atoms with Crippen LogP contribution in [0.2, 0.25) is 0 Å². The Labute approximate surface area is 181 Å². The molecule has 0 radical (unpaired) electrons. The molecular weight excluding hydrogens is 417 g/mol. The van der Waals surface area contributed by atoms with Gasteiger partial charge in [0.15, 0.2) is 0 Å². The highest BCUT2D eigenvalue weighted by Crippen LogP contribution is 2.44. The second-order valence-corrected chi connectivity index (χ2v) is 7.63. The van der Waals surface area contributed by atoms with Crippen molar-refractivity contribution >= 4 is 11.6 Å². The van der Waals surface area contributed by atoms with Crippen LogP contribution in [0.25, 0.3) is 22.4 Å². The number of benzene rings is 3. The summed E-state index contributed by atoms with van der Waals surface area (Å²) in [6.45, 7) is 1.66. The fraction of sp³-hybridized carbons (Fsp3) is 0.120. The van der Waals surface area contributed by atoms with Gasteiger partial charge in [-0.25, -0.2) is 0 Å². The van der Waals surface area contributed by atoms with Crippen molar-refractivity contribution in [3.63, 3.8) is 0 Å². The zero-order valence-corrected chi connectivity index (χ0v) is 17.0. The Hall–Kier alpha value is -3.87. The first-order valence-corrected chi connectivity index (χ1v) is 9.97. The van der Waals surface area contributed by atoms with Gasteiger partial charge in [-0.3, -0.25) is 4.79 Å². The van der Waals surface area contributed by atoms with E-state index in [2.05, 4.69) is 5.16 Å². The van der Waals surface area contributed by atoms with E-state index in [4.69, 9.17) is 4.52 Å². The Morgan fingerprint density at radius 3 is 2.34 bits per heavy atom. The summed E-state index contributed by atoms with van der Waals surface area (Å²) in [6, 6.07) is 18.7. The molecular formula is C25H17F3N2O2.